The molecule has 0 bridgehead atoms. The molecule has 0 amide bonds. The Morgan fingerprint density at radius 2 is 1.97 bits per heavy atom. The van der Waals surface area contributed by atoms with E-state index in [4.69, 9.17) is 26.3 Å². The highest BCUT2D eigenvalue weighted by molar-refractivity contribution is 5.99. The number of halogens is 1. The summed E-state index contributed by atoms with van der Waals surface area (Å²) in [7, 11) is 0. The van der Waals surface area contributed by atoms with Crippen molar-refractivity contribution in [3.63, 3.8) is 0 Å². The van der Waals surface area contributed by atoms with Crippen LogP contribution >= 0.6 is 0 Å². The van der Waals surface area contributed by atoms with Crippen molar-refractivity contribution >= 4 is 11.8 Å². The van der Waals surface area contributed by atoms with E-state index in [1.807, 2.05) is 38.1 Å². The van der Waals surface area contributed by atoms with Crippen molar-refractivity contribution in [2.24, 2.45) is 16.8 Å². The summed E-state index contributed by atoms with van der Waals surface area (Å²) < 4.78 is 27.2. The summed E-state index contributed by atoms with van der Waals surface area (Å²) in [6.45, 7) is 4.32. The van der Waals surface area contributed by atoms with E-state index in [0.717, 1.165) is 38.9 Å². The van der Waals surface area contributed by atoms with E-state index in [9.17, 15) is 4.79 Å². The number of amidine groups is 1. The van der Waals surface area contributed by atoms with Gasteiger partial charge in [-0.05, 0) is 78.8 Å². The third kappa shape index (κ3) is 4.46. The van der Waals surface area contributed by atoms with Gasteiger partial charge in [0.1, 0.15) is 23.4 Å². The van der Waals surface area contributed by atoms with Crippen LogP contribution in [0.25, 0.3) is 11.1 Å². The minimum absolute atomic E-state index is 0.0140. The molecule has 1 aliphatic heterocycles. The molecule has 1 heterocycles. The van der Waals surface area contributed by atoms with E-state index < -0.39 is 12.1 Å². The molecule has 2 atom stereocenters. The first kappa shape index (κ1) is 24.6. The molecule has 0 aromatic heterocycles. The van der Waals surface area contributed by atoms with Crippen LogP contribution in [0.2, 0.25) is 0 Å². The van der Waals surface area contributed by atoms with Gasteiger partial charge < -0.3 is 25.8 Å². The van der Waals surface area contributed by atoms with Gasteiger partial charge in [-0.15, -0.1) is 0 Å². The summed E-state index contributed by atoms with van der Waals surface area (Å²) in [6, 6.07) is 12.7. The van der Waals surface area contributed by atoms with Gasteiger partial charge >= 0.3 is 5.97 Å². The van der Waals surface area contributed by atoms with Crippen LogP contribution in [0.3, 0.4) is 0 Å². The molecule has 1 aliphatic carbocycles. The summed E-state index contributed by atoms with van der Waals surface area (Å²) >= 11 is 0. The second-order valence-electron chi connectivity index (χ2n) is 9.54. The van der Waals surface area contributed by atoms with Gasteiger partial charge in [-0.2, -0.15) is 5.10 Å². The lowest BCUT2D eigenvalue weighted by atomic mass is 9.89. The molecule has 3 aromatic rings. The molecule has 2 aliphatic rings. The van der Waals surface area contributed by atoms with Crippen LogP contribution in [0.1, 0.15) is 58.2 Å². The fourth-order valence-corrected chi connectivity index (χ4v) is 5.62. The minimum Gasteiger partial charge on any atom is -0.492 e. The lowest BCUT2D eigenvalue weighted by molar-refractivity contribution is -0.137. The SMILES string of the molecule is Cc1cc(/C(=N/N)NN)cc(C)c1-c1ccc(F)c2c1CC[C@H]2Oc1ccc2c(c1)OC[C@H]2CC(=O)O. The van der Waals surface area contributed by atoms with Crippen LogP contribution in [0, 0.1) is 19.7 Å². The van der Waals surface area contributed by atoms with Crippen molar-refractivity contribution in [3.05, 3.63) is 81.7 Å². The van der Waals surface area contributed by atoms with Crippen molar-refractivity contribution in [2.75, 3.05) is 6.61 Å². The number of fused-ring (bicyclic) bond motifs is 2. The summed E-state index contributed by atoms with van der Waals surface area (Å²) in [6.07, 6.45) is 0.886. The minimum atomic E-state index is -0.861. The molecule has 9 heteroatoms. The van der Waals surface area contributed by atoms with Crippen molar-refractivity contribution < 1.29 is 23.8 Å². The number of carboxylic acids is 1. The van der Waals surface area contributed by atoms with E-state index in [2.05, 4.69) is 10.5 Å². The van der Waals surface area contributed by atoms with Gasteiger partial charge in [0.25, 0.3) is 0 Å². The summed E-state index contributed by atoms with van der Waals surface area (Å²) in [4.78, 5) is 11.1. The smallest absolute Gasteiger partial charge is 0.304 e. The fourth-order valence-electron chi connectivity index (χ4n) is 5.62. The molecule has 0 spiro atoms. The average molecular weight is 505 g/mol. The third-order valence-electron chi connectivity index (χ3n) is 7.19. The number of hydrogen-bond acceptors (Lipinski definition) is 6. The highest BCUT2D eigenvalue weighted by atomic mass is 19.1. The number of carboxylic acid groups (broad SMARTS) is 1. The molecular formula is C28H29FN4O4. The van der Waals surface area contributed by atoms with Crippen molar-refractivity contribution in [2.45, 2.75) is 45.1 Å². The van der Waals surface area contributed by atoms with Crippen molar-refractivity contribution in [1.82, 2.24) is 5.43 Å². The highest BCUT2D eigenvalue weighted by Gasteiger charge is 2.32. The second kappa shape index (κ2) is 9.74. The summed E-state index contributed by atoms with van der Waals surface area (Å²) in [5.41, 5.74) is 9.65. The van der Waals surface area contributed by atoms with Crippen molar-refractivity contribution in [3.8, 4) is 22.6 Å². The summed E-state index contributed by atoms with van der Waals surface area (Å²) in [5.74, 6) is 11.2. The van der Waals surface area contributed by atoms with Gasteiger partial charge in [0, 0.05) is 28.7 Å². The molecule has 0 saturated heterocycles. The molecule has 6 N–H and O–H groups in total. The number of nitrogens with one attached hydrogen (secondary N) is 1. The van der Waals surface area contributed by atoms with Crippen molar-refractivity contribution in [1.29, 1.82) is 0 Å². The number of hydrazine groups is 1. The first-order valence-corrected chi connectivity index (χ1v) is 12.1. The van der Waals surface area contributed by atoms with E-state index >= 15 is 4.39 Å². The zero-order chi connectivity index (χ0) is 26.3. The molecule has 0 fully saturated rings. The van der Waals surface area contributed by atoms with E-state index in [1.165, 1.54) is 6.07 Å². The van der Waals surface area contributed by atoms with Gasteiger partial charge in [-0.1, -0.05) is 12.1 Å². The maximum atomic E-state index is 15.2. The fraction of sp³-hybridized carbons (Fsp3) is 0.286. The van der Waals surface area contributed by atoms with Gasteiger partial charge in [-0.3, -0.25) is 4.79 Å². The maximum absolute atomic E-state index is 15.2. The molecule has 5 rings (SSSR count). The monoisotopic (exact) mass is 504 g/mol. The molecule has 3 aromatic carbocycles. The predicted octanol–water partition coefficient (Wildman–Crippen LogP) is 4.21. The van der Waals surface area contributed by atoms with Gasteiger partial charge in [0.15, 0.2) is 5.84 Å². The number of hydrazone groups is 1. The standard InChI is InChI=1S/C28H29FN4O4/c1-14-9-16(28(32-30)33-31)10-15(2)26(14)20-5-7-22(29)27-21(20)6-8-23(27)37-18-3-4-19-17(11-25(34)35)13-36-24(19)12-18/h3-5,7,9-10,12,17,23H,6,8,11,13,30-31H2,1-2H3,(H,32,33)(H,34,35)/t17-,23-/m1/s1. The molecule has 192 valence electrons. The van der Waals surface area contributed by atoms with Crippen LogP contribution in [0.5, 0.6) is 11.5 Å². The zero-order valence-corrected chi connectivity index (χ0v) is 20.7. The largest absolute Gasteiger partial charge is 0.492 e. The number of ether oxygens (including phenoxy) is 2. The first-order valence-electron chi connectivity index (χ1n) is 12.1. The van der Waals surface area contributed by atoms with E-state index in [1.54, 1.807) is 12.1 Å². The van der Waals surface area contributed by atoms with Crippen LogP contribution in [0.15, 0.2) is 47.6 Å². The Morgan fingerprint density at radius 3 is 2.65 bits per heavy atom. The first-order chi connectivity index (χ1) is 17.8. The number of hydrogen-bond donors (Lipinski definition) is 4. The van der Waals surface area contributed by atoms with Gasteiger partial charge in [0.05, 0.1) is 13.0 Å². The Bertz CT molecular complexity index is 1400. The maximum Gasteiger partial charge on any atom is 0.304 e. The number of aryl methyl sites for hydroxylation is 2. The van der Waals surface area contributed by atoms with E-state index in [-0.39, 0.29) is 18.2 Å². The predicted molar refractivity (Wildman–Crippen MR) is 138 cm³/mol. The Morgan fingerprint density at radius 1 is 1.22 bits per heavy atom. The number of nitrogens with zero attached hydrogens (tertiary/aromatic N) is 1. The Kier molecular flexibility index (Phi) is 6.47. The summed E-state index contributed by atoms with van der Waals surface area (Å²) in [5, 5.41) is 12.8. The van der Waals surface area contributed by atoms with Crippen LogP contribution in [-0.4, -0.2) is 23.5 Å². The Labute approximate surface area is 214 Å². The van der Waals surface area contributed by atoms with Gasteiger partial charge in [0.2, 0.25) is 0 Å². The Hall–Kier alpha value is -4.11. The lowest BCUT2D eigenvalue weighted by Gasteiger charge is -2.19. The normalized spacial score (nSPS) is 18.2. The molecule has 0 saturated carbocycles. The second-order valence-corrected chi connectivity index (χ2v) is 9.54. The van der Waals surface area contributed by atoms with Crippen LogP contribution in [-0.2, 0) is 11.2 Å². The highest BCUT2D eigenvalue weighted by Crippen LogP contribution is 2.45. The molecular weight excluding hydrogens is 475 g/mol. The topological polar surface area (TPSA) is 132 Å². The van der Waals surface area contributed by atoms with Crippen LogP contribution < -0.4 is 26.6 Å². The third-order valence-corrected chi connectivity index (χ3v) is 7.19. The number of aliphatic carboxylic acids is 1. The molecule has 37 heavy (non-hydrogen) atoms. The number of benzene rings is 3. The van der Waals surface area contributed by atoms with E-state index in [0.29, 0.717) is 42.3 Å². The quantitative estimate of drug-likeness (QED) is 0.171. The van der Waals surface area contributed by atoms with Gasteiger partial charge in [-0.25, -0.2) is 10.2 Å². The van der Waals surface area contributed by atoms with Crippen LogP contribution in [0.4, 0.5) is 4.39 Å². The number of rotatable bonds is 6. The Balaban J connectivity index is 1.46. The number of carbonyl (C=O) groups is 1. The molecule has 0 radical (unpaired) electrons. The molecule has 0 unspecified atom stereocenters. The average Bonchev–Trinajstić information content (AvgIpc) is 3.45. The number of nitrogens with two attached hydrogens (primary N) is 2. The zero-order valence-electron chi connectivity index (χ0n) is 20.7. The molecule has 8 nitrogen and oxygen atoms in total. The lowest BCUT2D eigenvalue weighted by Crippen LogP contribution is -2.32.